The van der Waals surface area contributed by atoms with Crippen LogP contribution in [0.2, 0.25) is 0 Å². The van der Waals surface area contributed by atoms with Gasteiger partial charge >= 0.3 is 0 Å². The van der Waals surface area contributed by atoms with Gasteiger partial charge in [0.15, 0.2) is 0 Å². The number of carbonyl (C=O) groups excluding carboxylic acids is 2. The molecule has 2 heterocycles. The summed E-state index contributed by atoms with van der Waals surface area (Å²) < 4.78 is 33.2. The molecule has 2 aliphatic heterocycles. The predicted octanol–water partition coefficient (Wildman–Crippen LogP) is 4.84. The summed E-state index contributed by atoms with van der Waals surface area (Å²) in [4.78, 5) is 31.6. The Bertz CT molecular complexity index is 1030. The first-order valence-electron chi connectivity index (χ1n) is 12.7. The van der Waals surface area contributed by atoms with E-state index in [4.69, 9.17) is 4.74 Å². The minimum absolute atomic E-state index is 0. The van der Waals surface area contributed by atoms with Gasteiger partial charge in [0.25, 0.3) is 11.8 Å². The molecule has 0 aromatic heterocycles. The summed E-state index contributed by atoms with van der Waals surface area (Å²) in [5, 5.41) is 0. The molecule has 2 aromatic carbocycles. The molecule has 0 aliphatic carbocycles. The van der Waals surface area contributed by atoms with Crippen LogP contribution in [0.1, 0.15) is 59.4 Å². The Morgan fingerprint density at radius 2 is 1.59 bits per heavy atom. The second kappa shape index (κ2) is 13.1. The highest BCUT2D eigenvalue weighted by Gasteiger charge is 2.30. The Labute approximate surface area is 219 Å². The first-order chi connectivity index (χ1) is 17.4. The van der Waals surface area contributed by atoms with Crippen LogP contribution in [0.15, 0.2) is 42.5 Å². The fourth-order valence-electron chi connectivity index (χ4n) is 5.39. The lowest BCUT2D eigenvalue weighted by molar-refractivity contribution is 0.0390. The lowest BCUT2D eigenvalue weighted by atomic mass is 9.94. The predicted molar refractivity (Wildman–Crippen MR) is 140 cm³/mol. The molecule has 0 radical (unpaired) electrons. The first kappa shape index (κ1) is 28.7. The van der Waals surface area contributed by atoms with Gasteiger partial charge in [-0.2, -0.15) is 0 Å². The smallest absolute Gasteiger partial charge is 0.253 e. The number of hydrogen-bond acceptors (Lipinski definition) is 4. The highest BCUT2D eigenvalue weighted by atomic mass is 19.1. The van der Waals surface area contributed by atoms with Crippen molar-refractivity contribution >= 4 is 11.8 Å². The Morgan fingerprint density at radius 1 is 0.973 bits per heavy atom. The monoisotopic (exact) mass is 515 g/mol. The topological polar surface area (TPSA) is 53.1 Å². The van der Waals surface area contributed by atoms with Crippen LogP contribution in [0.25, 0.3) is 0 Å². The molecule has 8 heteroatoms. The van der Waals surface area contributed by atoms with Gasteiger partial charge < -0.3 is 14.5 Å². The van der Waals surface area contributed by atoms with Gasteiger partial charge in [0.2, 0.25) is 0 Å². The summed E-state index contributed by atoms with van der Waals surface area (Å²) in [6, 6.07) is 10.6. The number of benzene rings is 2. The molecular weight excluding hydrogens is 476 g/mol. The van der Waals surface area contributed by atoms with Crippen LogP contribution in [0.3, 0.4) is 0 Å². The number of nitrogens with zero attached hydrogens (tertiary/aromatic N) is 3. The van der Waals surface area contributed by atoms with Crippen molar-refractivity contribution < 1.29 is 23.1 Å². The van der Waals surface area contributed by atoms with Gasteiger partial charge in [0.05, 0.1) is 13.2 Å². The quantitative estimate of drug-likeness (QED) is 0.530. The van der Waals surface area contributed by atoms with E-state index >= 15 is 0 Å². The van der Waals surface area contributed by atoms with Gasteiger partial charge in [-0.15, -0.1) is 0 Å². The molecule has 4 rings (SSSR count). The van der Waals surface area contributed by atoms with Crippen molar-refractivity contribution in [3.05, 3.63) is 70.8 Å². The van der Waals surface area contributed by atoms with Gasteiger partial charge in [-0.3, -0.25) is 14.5 Å². The zero-order chi connectivity index (χ0) is 25.7. The molecule has 2 saturated heterocycles. The van der Waals surface area contributed by atoms with Crippen molar-refractivity contribution in [3.8, 4) is 0 Å². The van der Waals surface area contributed by atoms with E-state index in [1.54, 1.807) is 31.4 Å². The Hall–Kier alpha value is -2.84. The third-order valence-electron chi connectivity index (χ3n) is 7.40. The highest BCUT2D eigenvalue weighted by Crippen LogP contribution is 2.25. The first-order valence-corrected chi connectivity index (χ1v) is 12.7. The van der Waals surface area contributed by atoms with Crippen LogP contribution in [-0.4, -0.2) is 79.5 Å². The second-order valence-corrected chi connectivity index (χ2v) is 9.92. The molecule has 1 atom stereocenters. The molecule has 6 nitrogen and oxygen atoms in total. The largest absolute Gasteiger partial charge is 0.384 e. The molecule has 202 valence electrons. The van der Waals surface area contributed by atoms with Crippen molar-refractivity contribution in [2.24, 2.45) is 5.92 Å². The van der Waals surface area contributed by atoms with E-state index < -0.39 is 11.6 Å². The molecule has 0 saturated carbocycles. The van der Waals surface area contributed by atoms with Crippen molar-refractivity contribution in [2.75, 3.05) is 46.9 Å². The number of amides is 2. The van der Waals surface area contributed by atoms with E-state index in [2.05, 4.69) is 4.90 Å². The van der Waals surface area contributed by atoms with Crippen LogP contribution >= 0.6 is 0 Å². The molecule has 1 unspecified atom stereocenters. The molecule has 2 aliphatic rings. The molecule has 2 aromatic rings. The molecule has 0 spiro atoms. The SMILES string of the molecule is C.COCC1CCCN(C2CCN(C(=O)c3ccc(C(=O)N(C)Cc4c(F)cccc4F)cc3)CC2)C1. The highest BCUT2D eigenvalue weighted by molar-refractivity contribution is 5.97. The molecule has 0 bridgehead atoms. The number of piperidine rings is 2. The summed E-state index contributed by atoms with van der Waals surface area (Å²) in [5.41, 5.74) is 0.744. The number of methoxy groups -OCH3 is 1. The van der Waals surface area contributed by atoms with E-state index in [1.807, 2.05) is 4.90 Å². The van der Waals surface area contributed by atoms with E-state index in [9.17, 15) is 18.4 Å². The molecule has 0 N–H and O–H groups in total. The summed E-state index contributed by atoms with van der Waals surface area (Å²) >= 11 is 0. The van der Waals surface area contributed by atoms with Crippen molar-refractivity contribution in [2.45, 2.75) is 45.7 Å². The lowest BCUT2D eigenvalue weighted by Gasteiger charge is -2.42. The molecule has 2 amide bonds. The Balaban J connectivity index is 0.00000380. The average Bonchev–Trinajstić information content (AvgIpc) is 2.90. The maximum Gasteiger partial charge on any atom is 0.253 e. The normalized spacial score (nSPS) is 18.8. The van der Waals surface area contributed by atoms with E-state index in [0.29, 0.717) is 36.2 Å². The van der Waals surface area contributed by atoms with Crippen molar-refractivity contribution in [3.63, 3.8) is 0 Å². The zero-order valence-corrected chi connectivity index (χ0v) is 21.1. The van der Waals surface area contributed by atoms with Gasteiger partial charge in [0.1, 0.15) is 11.6 Å². The fourth-order valence-corrected chi connectivity index (χ4v) is 5.39. The maximum atomic E-state index is 13.9. The lowest BCUT2D eigenvalue weighted by Crippen LogP contribution is -2.50. The zero-order valence-electron chi connectivity index (χ0n) is 21.1. The van der Waals surface area contributed by atoms with Crippen LogP contribution in [0.4, 0.5) is 8.78 Å². The molecule has 2 fully saturated rings. The Kier molecular flexibility index (Phi) is 10.2. The minimum atomic E-state index is -0.686. The van der Waals surface area contributed by atoms with Crippen molar-refractivity contribution in [1.29, 1.82) is 0 Å². The standard InChI is InChI=1S/C28H35F2N3O3.CH4/c1-31(18-24-25(29)6-3-7-26(24)30)27(34)21-8-10-22(11-9-21)28(35)32-15-12-23(13-16-32)33-14-4-5-20(17-33)19-36-2;/h3,6-11,20,23H,4-5,12-19H2,1-2H3;1H4. The summed E-state index contributed by atoms with van der Waals surface area (Å²) in [7, 11) is 3.26. The molecular formula is C29H39F2N3O3. The number of carbonyl (C=O) groups is 2. The van der Waals surface area contributed by atoms with Gasteiger partial charge in [0, 0.05) is 56.5 Å². The maximum absolute atomic E-state index is 13.9. The third kappa shape index (κ3) is 6.93. The fraction of sp³-hybridized carbons (Fsp3) is 0.517. The number of halogens is 2. The summed E-state index contributed by atoms with van der Waals surface area (Å²) in [6.07, 6.45) is 4.33. The van der Waals surface area contributed by atoms with Crippen LogP contribution < -0.4 is 0 Å². The summed E-state index contributed by atoms with van der Waals surface area (Å²) in [6.45, 7) is 4.24. The van der Waals surface area contributed by atoms with Crippen LogP contribution in [-0.2, 0) is 11.3 Å². The number of ether oxygens (including phenoxy) is 1. The number of hydrogen-bond donors (Lipinski definition) is 0. The van der Waals surface area contributed by atoms with Gasteiger partial charge in [-0.05, 0) is 74.5 Å². The minimum Gasteiger partial charge on any atom is -0.384 e. The third-order valence-corrected chi connectivity index (χ3v) is 7.40. The second-order valence-electron chi connectivity index (χ2n) is 9.92. The Morgan fingerprint density at radius 3 is 2.22 bits per heavy atom. The van der Waals surface area contributed by atoms with E-state index in [1.165, 1.54) is 43.0 Å². The number of likely N-dealkylation sites (tertiary alicyclic amines) is 2. The van der Waals surface area contributed by atoms with Gasteiger partial charge in [-0.25, -0.2) is 8.78 Å². The van der Waals surface area contributed by atoms with E-state index in [0.717, 1.165) is 32.5 Å². The molecule has 37 heavy (non-hydrogen) atoms. The van der Waals surface area contributed by atoms with Gasteiger partial charge in [-0.1, -0.05) is 13.5 Å². The number of rotatable bonds is 7. The van der Waals surface area contributed by atoms with Crippen LogP contribution in [0, 0.1) is 17.6 Å². The van der Waals surface area contributed by atoms with Crippen molar-refractivity contribution in [1.82, 2.24) is 14.7 Å². The van der Waals surface area contributed by atoms with E-state index in [-0.39, 0.29) is 31.3 Å². The van der Waals surface area contributed by atoms with Crippen LogP contribution in [0.5, 0.6) is 0 Å². The average molecular weight is 516 g/mol. The summed E-state index contributed by atoms with van der Waals surface area (Å²) in [5.74, 6) is -1.19.